The molecule has 0 aliphatic carbocycles. The molecule has 0 atom stereocenters. The minimum Gasteiger partial charge on any atom is -0.219 e. The molecule has 122 valence electrons. The predicted octanol–water partition coefficient (Wildman–Crippen LogP) is 5.14. The zero-order chi connectivity index (χ0) is 17.1. The lowest BCUT2D eigenvalue weighted by Crippen LogP contribution is -2.00. The summed E-state index contributed by atoms with van der Waals surface area (Å²) in [7, 11) is 0. The molecular weight excluding hydrogens is 328 g/mol. The van der Waals surface area contributed by atoms with Gasteiger partial charge in [0.25, 0.3) is 5.76 Å². The molecule has 0 fully saturated rings. The van der Waals surface area contributed by atoms with Crippen molar-refractivity contribution in [3.8, 4) is 22.5 Å². The summed E-state index contributed by atoms with van der Waals surface area (Å²) < 4.78 is 25.3. The molecule has 0 radical (unpaired) electrons. The van der Waals surface area contributed by atoms with Crippen molar-refractivity contribution in [2.75, 3.05) is 0 Å². The van der Waals surface area contributed by atoms with Crippen LogP contribution in [0.4, 0.5) is 8.78 Å². The average Bonchev–Trinajstić information content (AvgIpc) is 2.56. The second-order valence-electron chi connectivity index (χ2n) is 5.40. The molecule has 0 aliphatic rings. The topological polar surface area (TPSA) is 38.7 Å². The van der Waals surface area contributed by atoms with Crippen LogP contribution in [0, 0.1) is 13.8 Å². The molecule has 3 aromatic rings. The van der Waals surface area contributed by atoms with Crippen molar-refractivity contribution in [2.24, 2.45) is 0 Å². The highest BCUT2D eigenvalue weighted by Gasteiger charge is 2.16. The number of nitrogens with zero attached hydrogens (tertiary/aromatic N) is 3. The molecule has 1 aromatic heterocycles. The smallest absolute Gasteiger partial charge is 0.219 e. The highest BCUT2D eigenvalue weighted by Crippen LogP contribution is 2.31. The number of hydrogen-bond donors (Lipinski definition) is 0. The van der Waals surface area contributed by atoms with Crippen LogP contribution in [0.15, 0.2) is 53.7 Å². The van der Waals surface area contributed by atoms with E-state index in [-0.39, 0.29) is 5.16 Å². The largest absolute Gasteiger partial charge is 0.291 e. The van der Waals surface area contributed by atoms with E-state index in [2.05, 4.69) is 15.2 Å². The Morgan fingerprint density at radius 2 is 1.25 bits per heavy atom. The minimum absolute atomic E-state index is 0.0311. The Labute approximate surface area is 143 Å². The summed E-state index contributed by atoms with van der Waals surface area (Å²) in [4.78, 5) is 4.32. The molecule has 0 unspecified atom stereocenters. The molecule has 0 bridgehead atoms. The summed E-state index contributed by atoms with van der Waals surface area (Å²) in [6.07, 6.45) is 0. The second-order valence-corrected chi connectivity index (χ2v) is 6.36. The van der Waals surface area contributed by atoms with E-state index in [4.69, 9.17) is 0 Å². The molecule has 3 rings (SSSR count). The van der Waals surface area contributed by atoms with Crippen LogP contribution in [0.5, 0.6) is 0 Å². The van der Waals surface area contributed by atoms with Gasteiger partial charge in [0.15, 0.2) is 0 Å². The van der Waals surface area contributed by atoms with E-state index < -0.39 is 5.76 Å². The van der Waals surface area contributed by atoms with Crippen LogP contribution in [0.2, 0.25) is 0 Å². The average molecular weight is 343 g/mol. The molecule has 0 spiro atoms. The normalized spacial score (nSPS) is 11.0. The van der Waals surface area contributed by atoms with E-state index in [0.29, 0.717) is 23.1 Å². The number of aromatic nitrogens is 3. The molecule has 24 heavy (non-hydrogen) atoms. The second kappa shape index (κ2) is 7.05. The quantitative estimate of drug-likeness (QED) is 0.615. The van der Waals surface area contributed by atoms with Crippen LogP contribution in [0.1, 0.15) is 11.1 Å². The van der Waals surface area contributed by atoms with Gasteiger partial charge in [0, 0.05) is 11.1 Å². The SMILES string of the molecule is Cc1ccc(-c2nnc(SC(F)F)nc2-c2ccc(C)cc2)cc1. The number of aryl methyl sites for hydroxylation is 2. The van der Waals surface area contributed by atoms with Gasteiger partial charge in [0.05, 0.1) is 0 Å². The lowest BCUT2D eigenvalue weighted by Gasteiger charge is -2.10. The third kappa shape index (κ3) is 3.76. The number of alkyl halides is 2. The van der Waals surface area contributed by atoms with Gasteiger partial charge in [0.1, 0.15) is 11.4 Å². The number of thioether (sulfide) groups is 1. The molecule has 0 aliphatic heterocycles. The molecule has 0 saturated carbocycles. The zero-order valence-electron chi connectivity index (χ0n) is 13.2. The fourth-order valence-corrected chi connectivity index (χ4v) is 2.65. The van der Waals surface area contributed by atoms with E-state index in [1.54, 1.807) is 0 Å². The van der Waals surface area contributed by atoms with Crippen molar-refractivity contribution < 1.29 is 8.78 Å². The van der Waals surface area contributed by atoms with E-state index in [0.717, 1.165) is 22.3 Å². The fourth-order valence-electron chi connectivity index (χ4n) is 2.26. The zero-order valence-corrected chi connectivity index (χ0v) is 14.0. The van der Waals surface area contributed by atoms with Crippen LogP contribution in [-0.2, 0) is 0 Å². The monoisotopic (exact) mass is 343 g/mol. The Bertz CT molecular complexity index is 834. The first kappa shape index (κ1) is 16.5. The number of halogens is 2. The summed E-state index contributed by atoms with van der Waals surface area (Å²) in [5, 5.41) is 7.98. The lowest BCUT2D eigenvalue weighted by molar-refractivity contribution is 0.251. The lowest BCUT2D eigenvalue weighted by atomic mass is 10.0. The van der Waals surface area contributed by atoms with Crippen LogP contribution < -0.4 is 0 Å². The van der Waals surface area contributed by atoms with Crippen LogP contribution in [0.3, 0.4) is 0 Å². The van der Waals surface area contributed by atoms with Gasteiger partial charge < -0.3 is 0 Å². The van der Waals surface area contributed by atoms with Gasteiger partial charge in [-0.1, -0.05) is 59.7 Å². The first-order chi connectivity index (χ1) is 11.5. The van der Waals surface area contributed by atoms with Crippen molar-refractivity contribution in [3.63, 3.8) is 0 Å². The third-order valence-corrected chi connectivity index (χ3v) is 4.07. The standard InChI is InChI=1S/C18H15F2N3S/c1-11-3-7-13(8-4-11)15-16(14-9-5-12(2)6-10-14)22-23-18(21-15)24-17(19)20/h3-10,17H,1-2H3. The summed E-state index contributed by atoms with van der Waals surface area (Å²) in [5.41, 5.74) is 5.04. The molecule has 0 amide bonds. The van der Waals surface area contributed by atoms with E-state index in [1.807, 2.05) is 62.4 Å². The fraction of sp³-hybridized carbons (Fsp3) is 0.167. The summed E-state index contributed by atoms with van der Waals surface area (Å²) in [5.74, 6) is -2.58. The maximum Gasteiger partial charge on any atom is 0.291 e. The molecular formula is C18H15F2N3S. The number of benzene rings is 2. The van der Waals surface area contributed by atoms with Crippen molar-refractivity contribution >= 4 is 11.8 Å². The highest BCUT2D eigenvalue weighted by molar-refractivity contribution is 7.99. The first-order valence-electron chi connectivity index (χ1n) is 7.36. The maximum atomic E-state index is 12.6. The van der Waals surface area contributed by atoms with E-state index in [1.165, 1.54) is 0 Å². The minimum atomic E-state index is -2.58. The molecule has 2 aromatic carbocycles. The van der Waals surface area contributed by atoms with Gasteiger partial charge in [-0.25, -0.2) is 4.98 Å². The molecule has 0 N–H and O–H groups in total. The molecule has 3 nitrogen and oxygen atoms in total. The number of rotatable bonds is 4. The van der Waals surface area contributed by atoms with Gasteiger partial charge >= 0.3 is 0 Å². The van der Waals surface area contributed by atoms with Crippen LogP contribution in [-0.4, -0.2) is 20.9 Å². The Morgan fingerprint density at radius 1 is 0.750 bits per heavy atom. The molecule has 1 heterocycles. The molecule has 0 saturated heterocycles. The van der Waals surface area contributed by atoms with Crippen LogP contribution >= 0.6 is 11.8 Å². The highest BCUT2D eigenvalue weighted by atomic mass is 32.2. The van der Waals surface area contributed by atoms with Gasteiger partial charge in [0.2, 0.25) is 5.16 Å². The van der Waals surface area contributed by atoms with E-state index in [9.17, 15) is 8.78 Å². The third-order valence-electron chi connectivity index (χ3n) is 3.51. The maximum absolute atomic E-state index is 12.6. The Morgan fingerprint density at radius 3 is 1.75 bits per heavy atom. The van der Waals surface area contributed by atoms with Gasteiger partial charge in [-0.15, -0.1) is 10.2 Å². The first-order valence-corrected chi connectivity index (χ1v) is 8.24. The number of hydrogen-bond acceptors (Lipinski definition) is 4. The Hall–Kier alpha value is -2.34. The van der Waals surface area contributed by atoms with Crippen molar-refractivity contribution in [1.29, 1.82) is 0 Å². The van der Waals surface area contributed by atoms with E-state index >= 15 is 0 Å². The van der Waals surface area contributed by atoms with Crippen molar-refractivity contribution in [1.82, 2.24) is 15.2 Å². The van der Waals surface area contributed by atoms with Crippen molar-refractivity contribution in [2.45, 2.75) is 24.8 Å². The van der Waals surface area contributed by atoms with Gasteiger partial charge in [-0.05, 0) is 25.6 Å². The summed E-state index contributed by atoms with van der Waals surface area (Å²) in [6, 6.07) is 15.5. The summed E-state index contributed by atoms with van der Waals surface area (Å²) in [6.45, 7) is 3.98. The Kier molecular flexibility index (Phi) is 4.85. The summed E-state index contributed by atoms with van der Waals surface area (Å²) >= 11 is 0.299. The van der Waals surface area contributed by atoms with Gasteiger partial charge in [-0.2, -0.15) is 8.78 Å². The Balaban J connectivity index is 2.13. The van der Waals surface area contributed by atoms with Crippen LogP contribution in [0.25, 0.3) is 22.5 Å². The predicted molar refractivity (Wildman–Crippen MR) is 92.0 cm³/mol. The van der Waals surface area contributed by atoms with Crippen molar-refractivity contribution in [3.05, 3.63) is 59.7 Å². The molecule has 6 heteroatoms. The van der Waals surface area contributed by atoms with Gasteiger partial charge in [-0.3, -0.25) is 0 Å².